The number of aryl methyl sites for hydroxylation is 1. The van der Waals surface area contributed by atoms with E-state index in [1.54, 1.807) is 13.0 Å². The van der Waals surface area contributed by atoms with Crippen molar-refractivity contribution in [2.24, 2.45) is 5.92 Å². The number of hydrogen-bond donors (Lipinski definition) is 2. The minimum atomic E-state index is -0.996. The van der Waals surface area contributed by atoms with Crippen molar-refractivity contribution in [1.82, 2.24) is 5.32 Å². The number of para-hydroxylation sites is 1. The van der Waals surface area contributed by atoms with Crippen molar-refractivity contribution >= 4 is 22.8 Å². The van der Waals surface area contributed by atoms with Gasteiger partial charge in [-0.25, -0.2) is 4.79 Å². The lowest BCUT2D eigenvalue weighted by Crippen LogP contribution is -2.41. The zero-order chi connectivity index (χ0) is 15.0. The van der Waals surface area contributed by atoms with Crippen molar-refractivity contribution in [3.05, 3.63) is 35.6 Å². The molecule has 1 aliphatic carbocycles. The van der Waals surface area contributed by atoms with Crippen LogP contribution in [0, 0.1) is 12.8 Å². The standard InChI is InChI=1S/C16H17NO4/c1-9-11-4-2-3-5-13(11)21-14(9)15(18)17-12(16(19)20)8-10-6-7-10/h2-5,10,12H,6-8H2,1H3,(H,17,18)(H,19,20). The molecule has 3 rings (SSSR count). The Labute approximate surface area is 121 Å². The van der Waals surface area contributed by atoms with Gasteiger partial charge in [0, 0.05) is 10.9 Å². The van der Waals surface area contributed by atoms with Gasteiger partial charge in [-0.15, -0.1) is 0 Å². The van der Waals surface area contributed by atoms with Gasteiger partial charge in [-0.2, -0.15) is 0 Å². The number of carbonyl (C=O) groups excluding carboxylic acids is 1. The second-order valence-corrected chi connectivity index (χ2v) is 5.60. The molecular formula is C16H17NO4. The fourth-order valence-electron chi connectivity index (χ4n) is 2.52. The van der Waals surface area contributed by atoms with E-state index in [1.165, 1.54) is 0 Å². The molecule has 2 aromatic rings. The molecule has 2 N–H and O–H groups in total. The number of carboxylic acids is 1. The van der Waals surface area contributed by atoms with E-state index >= 15 is 0 Å². The number of benzene rings is 1. The van der Waals surface area contributed by atoms with Gasteiger partial charge in [0.25, 0.3) is 5.91 Å². The maximum Gasteiger partial charge on any atom is 0.326 e. The summed E-state index contributed by atoms with van der Waals surface area (Å²) in [6.45, 7) is 1.80. The lowest BCUT2D eigenvalue weighted by molar-refractivity contribution is -0.139. The molecule has 0 aliphatic heterocycles. The van der Waals surface area contributed by atoms with E-state index in [9.17, 15) is 14.7 Å². The van der Waals surface area contributed by atoms with Gasteiger partial charge in [-0.05, 0) is 25.3 Å². The normalized spacial score (nSPS) is 15.9. The van der Waals surface area contributed by atoms with Crippen LogP contribution in [-0.4, -0.2) is 23.0 Å². The summed E-state index contributed by atoms with van der Waals surface area (Å²) in [4.78, 5) is 23.5. The van der Waals surface area contributed by atoms with Crippen LogP contribution in [-0.2, 0) is 4.79 Å². The van der Waals surface area contributed by atoms with E-state index in [1.807, 2.05) is 18.2 Å². The predicted molar refractivity (Wildman–Crippen MR) is 77.2 cm³/mol. The quantitative estimate of drug-likeness (QED) is 0.886. The monoisotopic (exact) mass is 287 g/mol. The van der Waals surface area contributed by atoms with Gasteiger partial charge in [-0.1, -0.05) is 31.0 Å². The van der Waals surface area contributed by atoms with Crippen molar-refractivity contribution in [3.63, 3.8) is 0 Å². The van der Waals surface area contributed by atoms with Gasteiger partial charge >= 0.3 is 5.97 Å². The van der Waals surface area contributed by atoms with E-state index in [2.05, 4.69) is 5.32 Å². The zero-order valence-corrected chi connectivity index (χ0v) is 11.8. The number of rotatable bonds is 5. The first-order valence-electron chi connectivity index (χ1n) is 7.08. The molecule has 1 atom stereocenters. The number of fused-ring (bicyclic) bond motifs is 1. The number of aliphatic carboxylic acids is 1. The molecule has 110 valence electrons. The molecule has 5 heteroatoms. The average molecular weight is 287 g/mol. The maximum absolute atomic E-state index is 12.3. The van der Waals surface area contributed by atoms with Crippen LogP contribution in [0.25, 0.3) is 11.0 Å². The summed E-state index contributed by atoms with van der Waals surface area (Å²) >= 11 is 0. The van der Waals surface area contributed by atoms with Gasteiger partial charge in [-0.3, -0.25) is 4.79 Å². The molecular weight excluding hydrogens is 270 g/mol. The Morgan fingerprint density at radius 1 is 1.38 bits per heavy atom. The fourth-order valence-corrected chi connectivity index (χ4v) is 2.52. The van der Waals surface area contributed by atoms with Crippen LogP contribution in [0.3, 0.4) is 0 Å². The van der Waals surface area contributed by atoms with Crippen molar-refractivity contribution in [1.29, 1.82) is 0 Å². The fraction of sp³-hybridized carbons (Fsp3) is 0.375. The van der Waals surface area contributed by atoms with Crippen LogP contribution in [0.15, 0.2) is 28.7 Å². The molecule has 1 aromatic heterocycles. The third-order valence-corrected chi connectivity index (χ3v) is 3.92. The molecule has 5 nitrogen and oxygen atoms in total. The van der Waals surface area contributed by atoms with Crippen LogP contribution in [0.5, 0.6) is 0 Å². The highest BCUT2D eigenvalue weighted by molar-refractivity contribution is 6.00. The largest absolute Gasteiger partial charge is 0.480 e. The predicted octanol–water partition coefficient (Wildman–Crippen LogP) is 2.72. The van der Waals surface area contributed by atoms with Gasteiger partial charge in [0.2, 0.25) is 0 Å². The molecule has 1 fully saturated rings. The van der Waals surface area contributed by atoms with Gasteiger partial charge < -0.3 is 14.8 Å². The van der Waals surface area contributed by atoms with E-state index in [4.69, 9.17) is 4.42 Å². The first-order valence-corrected chi connectivity index (χ1v) is 7.08. The molecule has 1 heterocycles. The molecule has 0 saturated heterocycles. The highest BCUT2D eigenvalue weighted by Crippen LogP contribution is 2.33. The first-order chi connectivity index (χ1) is 10.1. The number of carboxylic acid groups (broad SMARTS) is 1. The molecule has 1 saturated carbocycles. The summed E-state index contributed by atoms with van der Waals surface area (Å²) in [5.41, 5.74) is 1.37. The lowest BCUT2D eigenvalue weighted by atomic mass is 10.1. The van der Waals surface area contributed by atoms with Gasteiger partial charge in [0.05, 0.1) is 0 Å². The smallest absolute Gasteiger partial charge is 0.326 e. The number of hydrogen-bond acceptors (Lipinski definition) is 3. The summed E-state index contributed by atoms with van der Waals surface area (Å²) < 4.78 is 5.56. The number of nitrogens with one attached hydrogen (secondary N) is 1. The van der Waals surface area contributed by atoms with Crippen molar-refractivity contribution < 1.29 is 19.1 Å². The first kappa shape index (κ1) is 13.7. The van der Waals surface area contributed by atoms with E-state index < -0.39 is 17.9 Å². The van der Waals surface area contributed by atoms with Gasteiger partial charge in [0.1, 0.15) is 11.6 Å². The number of amides is 1. The Hall–Kier alpha value is -2.30. The Morgan fingerprint density at radius 2 is 2.10 bits per heavy atom. The van der Waals surface area contributed by atoms with Crippen LogP contribution < -0.4 is 5.32 Å². The minimum absolute atomic E-state index is 0.193. The molecule has 21 heavy (non-hydrogen) atoms. The second-order valence-electron chi connectivity index (χ2n) is 5.60. The van der Waals surface area contributed by atoms with Crippen LogP contribution >= 0.6 is 0 Å². The number of furan rings is 1. The molecule has 1 amide bonds. The zero-order valence-electron chi connectivity index (χ0n) is 11.8. The number of carbonyl (C=O) groups is 2. The van der Waals surface area contributed by atoms with E-state index in [0.717, 1.165) is 23.8 Å². The van der Waals surface area contributed by atoms with Crippen molar-refractivity contribution in [2.45, 2.75) is 32.2 Å². The Bertz CT molecular complexity index is 699. The molecule has 1 aliphatic rings. The lowest BCUT2D eigenvalue weighted by Gasteiger charge is -2.13. The average Bonchev–Trinajstić information content (AvgIpc) is 3.21. The van der Waals surface area contributed by atoms with Gasteiger partial charge in [0.15, 0.2) is 5.76 Å². The topological polar surface area (TPSA) is 79.5 Å². The molecule has 0 radical (unpaired) electrons. The maximum atomic E-state index is 12.3. The van der Waals surface area contributed by atoms with Crippen molar-refractivity contribution in [2.75, 3.05) is 0 Å². The summed E-state index contributed by atoms with van der Waals surface area (Å²) in [6.07, 6.45) is 2.58. The Kier molecular flexibility index (Phi) is 3.41. The SMILES string of the molecule is Cc1c(C(=O)NC(CC2CC2)C(=O)O)oc2ccccc12. The highest BCUT2D eigenvalue weighted by atomic mass is 16.4. The third kappa shape index (κ3) is 2.77. The Balaban J connectivity index is 1.82. The summed E-state index contributed by atoms with van der Waals surface area (Å²) in [7, 11) is 0. The Morgan fingerprint density at radius 3 is 2.71 bits per heavy atom. The van der Waals surface area contributed by atoms with Crippen molar-refractivity contribution in [3.8, 4) is 0 Å². The summed E-state index contributed by atoms with van der Waals surface area (Å²) in [5.74, 6) is -0.845. The summed E-state index contributed by atoms with van der Waals surface area (Å²) in [6, 6.07) is 6.53. The molecule has 0 bridgehead atoms. The molecule has 1 aromatic carbocycles. The van der Waals surface area contributed by atoms with Crippen LogP contribution in [0.4, 0.5) is 0 Å². The minimum Gasteiger partial charge on any atom is -0.480 e. The van der Waals surface area contributed by atoms with E-state index in [-0.39, 0.29) is 5.76 Å². The van der Waals surface area contributed by atoms with Crippen LogP contribution in [0.1, 0.15) is 35.4 Å². The summed E-state index contributed by atoms with van der Waals surface area (Å²) in [5, 5.41) is 12.7. The van der Waals surface area contributed by atoms with E-state index in [0.29, 0.717) is 17.9 Å². The van der Waals surface area contributed by atoms with Crippen LogP contribution in [0.2, 0.25) is 0 Å². The molecule has 0 spiro atoms. The highest BCUT2D eigenvalue weighted by Gasteiger charge is 2.31. The second kappa shape index (κ2) is 5.24. The molecule has 1 unspecified atom stereocenters. The third-order valence-electron chi connectivity index (χ3n) is 3.92.